The van der Waals surface area contributed by atoms with Gasteiger partial charge in [0.05, 0.1) is 5.69 Å². The predicted octanol–water partition coefficient (Wildman–Crippen LogP) is 2.48. The third-order valence-electron chi connectivity index (χ3n) is 3.47. The van der Waals surface area contributed by atoms with E-state index >= 15 is 0 Å². The molecular weight excluding hydrogens is 282 g/mol. The maximum Gasteiger partial charge on any atom is 0.429 e. The predicted molar refractivity (Wildman–Crippen MR) is 82.5 cm³/mol. The molecule has 0 saturated heterocycles. The molecule has 1 saturated carbocycles. The Kier molecular flexibility index (Phi) is 3.52. The van der Waals surface area contributed by atoms with Crippen molar-refractivity contribution >= 4 is 17.4 Å². The number of anilines is 1. The highest BCUT2D eigenvalue weighted by Crippen LogP contribution is 2.30. The van der Waals surface area contributed by atoms with Gasteiger partial charge in [-0.1, -0.05) is 0 Å². The quantitative estimate of drug-likeness (QED) is 0.815. The molecular formula is C15H21N5O2. The van der Waals surface area contributed by atoms with E-state index in [-0.39, 0.29) is 6.09 Å². The molecule has 2 aromatic heterocycles. The second-order valence-corrected chi connectivity index (χ2v) is 6.54. The summed E-state index contributed by atoms with van der Waals surface area (Å²) in [5.74, 6) is 0. The SMILES string of the molecule is CN(C1CC1)N(C(=O)OC(C)(C)C)c1ccn2ncnc2c1. The van der Waals surface area contributed by atoms with Crippen LogP contribution in [0.5, 0.6) is 0 Å². The molecule has 7 nitrogen and oxygen atoms in total. The topological polar surface area (TPSA) is 63.0 Å². The Morgan fingerprint density at radius 3 is 2.77 bits per heavy atom. The molecule has 1 aliphatic rings. The van der Waals surface area contributed by atoms with Crippen molar-refractivity contribution in [3.8, 4) is 0 Å². The monoisotopic (exact) mass is 303 g/mol. The van der Waals surface area contributed by atoms with Gasteiger partial charge < -0.3 is 4.74 Å². The Morgan fingerprint density at radius 2 is 2.14 bits per heavy atom. The number of hydrogen-bond donors (Lipinski definition) is 0. The number of fused-ring (bicyclic) bond motifs is 1. The lowest BCUT2D eigenvalue weighted by Crippen LogP contribution is -2.48. The first-order chi connectivity index (χ1) is 10.3. The zero-order valence-electron chi connectivity index (χ0n) is 13.4. The highest BCUT2D eigenvalue weighted by Gasteiger charge is 2.35. The van der Waals surface area contributed by atoms with Crippen molar-refractivity contribution in [1.82, 2.24) is 19.6 Å². The largest absolute Gasteiger partial charge is 0.442 e. The fourth-order valence-corrected chi connectivity index (χ4v) is 2.27. The molecule has 0 atom stereocenters. The van der Waals surface area contributed by atoms with E-state index in [0.717, 1.165) is 18.5 Å². The molecule has 1 aliphatic carbocycles. The third kappa shape index (κ3) is 3.04. The van der Waals surface area contributed by atoms with Crippen molar-refractivity contribution in [2.75, 3.05) is 12.1 Å². The van der Waals surface area contributed by atoms with Crippen LogP contribution in [-0.2, 0) is 4.74 Å². The minimum Gasteiger partial charge on any atom is -0.442 e. The minimum atomic E-state index is -0.543. The lowest BCUT2D eigenvalue weighted by atomic mass is 10.2. The molecule has 0 aliphatic heterocycles. The Bertz CT molecular complexity index is 687. The zero-order chi connectivity index (χ0) is 15.9. The maximum absolute atomic E-state index is 12.6. The van der Waals surface area contributed by atoms with Crippen LogP contribution in [0, 0.1) is 0 Å². The molecule has 0 N–H and O–H groups in total. The molecule has 0 aromatic carbocycles. The first kappa shape index (κ1) is 14.8. The maximum atomic E-state index is 12.6. The van der Waals surface area contributed by atoms with E-state index in [4.69, 9.17) is 4.74 Å². The van der Waals surface area contributed by atoms with E-state index in [1.54, 1.807) is 15.7 Å². The molecule has 2 aromatic rings. The molecule has 7 heteroatoms. The van der Waals surface area contributed by atoms with Gasteiger partial charge in [0.15, 0.2) is 5.65 Å². The number of pyridine rings is 1. The van der Waals surface area contributed by atoms with Gasteiger partial charge in [0.2, 0.25) is 0 Å². The number of rotatable bonds is 3. The van der Waals surface area contributed by atoms with Gasteiger partial charge in [0.25, 0.3) is 0 Å². The van der Waals surface area contributed by atoms with Crippen LogP contribution >= 0.6 is 0 Å². The van der Waals surface area contributed by atoms with Crippen molar-refractivity contribution in [3.05, 3.63) is 24.7 Å². The molecule has 0 spiro atoms. The van der Waals surface area contributed by atoms with Crippen molar-refractivity contribution in [2.45, 2.75) is 45.3 Å². The van der Waals surface area contributed by atoms with Gasteiger partial charge in [-0.25, -0.2) is 24.3 Å². The highest BCUT2D eigenvalue weighted by molar-refractivity contribution is 5.87. The van der Waals surface area contributed by atoms with Gasteiger partial charge in [-0.05, 0) is 39.7 Å². The molecule has 118 valence electrons. The summed E-state index contributed by atoms with van der Waals surface area (Å²) in [6.45, 7) is 5.59. The van der Waals surface area contributed by atoms with Crippen molar-refractivity contribution in [3.63, 3.8) is 0 Å². The lowest BCUT2D eigenvalue weighted by molar-refractivity contribution is 0.0477. The van der Waals surface area contributed by atoms with Crippen molar-refractivity contribution in [2.24, 2.45) is 0 Å². The fraction of sp³-hybridized carbons (Fsp3) is 0.533. The summed E-state index contributed by atoms with van der Waals surface area (Å²) in [7, 11) is 1.91. The summed E-state index contributed by atoms with van der Waals surface area (Å²) in [5, 5.41) is 7.59. The van der Waals surface area contributed by atoms with Gasteiger partial charge in [-0.2, -0.15) is 5.10 Å². The zero-order valence-corrected chi connectivity index (χ0v) is 13.4. The van der Waals surface area contributed by atoms with Crippen LogP contribution in [0.25, 0.3) is 5.65 Å². The van der Waals surface area contributed by atoms with Crippen LogP contribution in [0.4, 0.5) is 10.5 Å². The summed E-state index contributed by atoms with van der Waals surface area (Å²) in [4.78, 5) is 16.8. The third-order valence-corrected chi connectivity index (χ3v) is 3.47. The van der Waals surface area contributed by atoms with E-state index in [1.165, 1.54) is 6.33 Å². The second-order valence-electron chi connectivity index (χ2n) is 6.54. The Hall–Kier alpha value is -2.15. The number of ether oxygens (including phenoxy) is 1. The molecule has 3 rings (SSSR count). The van der Waals surface area contributed by atoms with Crippen LogP contribution in [0.1, 0.15) is 33.6 Å². The van der Waals surface area contributed by atoms with E-state index in [2.05, 4.69) is 10.1 Å². The molecule has 0 radical (unpaired) electrons. The number of carbonyl (C=O) groups is 1. The molecule has 0 unspecified atom stereocenters. The average Bonchev–Trinajstić information content (AvgIpc) is 3.15. The Labute approximate surface area is 129 Å². The highest BCUT2D eigenvalue weighted by atomic mass is 16.6. The van der Waals surface area contributed by atoms with Gasteiger partial charge in [-0.15, -0.1) is 0 Å². The van der Waals surface area contributed by atoms with E-state index in [9.17, 15) is 4.79 Å². The van der Waals surface area contributed by atoms with Crippen molar-refractivity contribution < 1.29 is 9.53 Å². The summed E-state index contributed by atoms with van der Waals surface area (Å²) in [5.41, 5.74) is 0.873. The number of hydrazine groups is 1. The van der Waals surface area contributed by atoms with Gasteiger partial charge in [-0.3, -0.25) is 0 Å². The smallest absolute Gasteiger partial charge is 0.429 e. The van der Waals surface area contributed by atoms with Gasteiger partial charge >= 0.3 is 6.09 Å². The Balaban J connectivity index is 1.94. The van der Waals surface area contributed by atoms with E-state index in [0.29, 0.717) is 11.7 Å². The number of carbonyl (C=O) groups excluding carboxylic acids is 1. The standard InChI is InChI=1S/C15H21N5O2/c1-15(2,3)22-14(21)20(18(4)11-5-6-11)12-7-8-19-13(9-12)16-10-17-19/h7-11H,5-6H2,1-4H3. The fourth-order valence-electron chi connectivity index (χ4n) is 2.27. The minimum absolute atomic E-state index is 0.376. The van der Waals surface area contributed by atoms with Crippen molar-refractivity contribution in [1.29, 1.82) is 0 Å². The number of hydrogen-bond acceptors (Lipinski definition) is 5. The molecule has 1 amide bonds. The van der Waals surface area contributed by atoms with Crippen LogP contribution in [-0.4, -0.2) is 44.4 Å². The number of amides is 1. The molecule has 0 bridgehead atoms. The summed E-state index contributed by atoms with van der Waals surface area (Å²) in [6, 6.07) is 4.04. The molecule has 2 heterocycles. The number of nitrogens with zero attached hydrogens (tertiary/aromatic N) is 5. The van der Waals surface area contributed by atoms with Crippen LogP contribution in [0.2, 0.25) is 0 Å². The summed E-state index contributed by atoms with van der Waals surface area (Å²) in [6.07, 6.45) is 5.06. The van der Waals surface area contributed by atoms with E-state index in [1.807, 2.05) is 45.0 Å². The van der Waals surface area contributed by atoms with Crippen LogP contribution < -0.4 is 5.01 Å². The first-order valence-electron chi connectivity index (χ1n) is 7.40. The van der Waals surface area contributed by atoms with Crippen LogP contribution in [0.15, 0.2) is 24.7 Å². The summed E-state index contributed by atoms with van der Waals surface area (Å²) >= 11 is 0. The second kappa shape index (κ2) is 5.24. The normalized spacial score (nSPS) is 15.3. The van der Waals surface area contributed by atoms with Gasteiger partial charge in [0, 0.05) is 25.4 Å². The molecule has 22 heavy (non-hydrogen) atoms. The number of aromatic nitrogens is 3. The lowest BCUT2D eigenvalue weighted by Gasteiger charge is -2.33. The van der Waals surface area contributed by atoms with Gasteiger partial charge in [0.1, 0.15) is 11.9 Å². The first-order valence-corrected chi connectivity index (χ1v) is 7.40. The molecule has 1 fully saturated rings. The summed E-state index contributed by atoms with van der Waals surface area (Å²) < 4.78 is 7.21. The Morgan fingerprint density at radius 1 is 1.41 bits per heavy atom. The average molecular weight is 303 g/mol. The van der Waals surface area contributed by atoms with E-state index < -0.39 is 5.60 Å². The van der Waals surface area contributed by atoms with Crippen LogP contribution in [0.3, 0.4) is 0 Å².